The number of benzene rings is 1. The molecule has 0 unspecified atom stereocenters. The van der Waals surface area contributed by atoms with Crippen LogP contribution in [-0.2, 0) is 19.6 Å². The minimum Gasteiger partial charge on any atom is -0.462 e. The van der Waals surface area contributed by atoms with E-state index in [0.29, 0.717) is 6.42 Å². The summed E-state index contributed by atoms with van der Waals surface area (Å²) in [6.07, 6.45) is 56.7. The van der Waals surface area contributed by atoms with Gasteiger partial charge in [0, 0.05) is 0 Å². The Kier molecular flexibility index (Phi) is 39.5. The molecule has 1 aromatic rings. The second-order valence-corrected chi connectivity index (χ2v) is 19.3. The second-order valence-electron chi connectivity index (χ2n) is 17.9. The van der Waals surface area contributed by atoms with Crippen molar-refractivity contribution in [3.05, 3.63) is 53.6 Å². The Morgan fingerprint density at radius 1 is 0.419 bits per heavy atom. The molecule has 0 spiro atoms. The number of hydrogen-bond acceptors (Lipinski definition) is 6. The number of unbranched alkanes of at least 4 members (excludes halogenated alkanes) is 34. The molecular weight excluding hydrogens is 793 g/mol. The standard InChI is InChI=1S/C54H94O7S/c1-3-5-7-9-11-13-15-17-19-21-23-25-27-29-31-33-35-37-39-41-43-47-60-53(55)51-46-45-50(62(57,58)59)49-52(51)54(56)61-48-44-42-40-38-36-34-32-30-28-26-24-22-20-18-16-14-12-10-8-6-4-2/h13-16,45-46,49H,3-12,17-44,47-48H2,1-2H3,(H,57,58,59)/b15-13+,16-14+. The highest BCUT2D eigenvalue weighted by molar-refractivity contribution is 7.85. The van der Waals surface area contributed by atoms with E-state index < -0.39 is 27.0 Å². The van der Waals surface area contributed by atoms with E-state index in [0.717, 1.165) is 50.7 Å². The zero-order chi connectivity index (χ0) is 45.0. The molecule has 0 aliphatic heterocycles. The first-order valence-corrected chi connectivity index (χ1v) is 27.5. The predicted molar refractivity (Wildman–Crippen MR) is 262 cm³/mol. The molecule has 0 bridgehead atoms. The summed E-state index contributed by atoms with van der Waals surface area (Å²) in [4.78, 5) is 25.5. The van der Waals surface area contributed by atoms with Crippen LogP contribution in [0.25, 0.3) is 0 Å². The average Bonchev–Trinajstić information content (AvgIpc) is 3.26. The van der Waals surface area contributed by atoms with Crippen LogP contribution in [0.1, 0.15) is 279 Å². The van der Waals surface area contributed by atoms with Gasteiger partial charge in [-0.3, -0.25) is 4.55 Å². The lowest BCUT2D eigenvalue weighted by Gasteiger charge is -2.11. The number of rotatable bonds is 45. The first-order chi connectivity index (χ1) is 30.3. The molecule has 0 aliphatic rings. The van der Waals surface area contributed by atoms with Gasteiger partial charge in [0.2, 0.25) is 0 Å². The van der Waals surface area contributed by atoms with Crippen LogP contribution in [0.3, 0.4) is 0 Å². The minimum absolute atomic E-state index is 0.0562. The molecule has 0 fully saturated rings. The Morgan fingerprint density at radius 3 is 1.00 bits per heavy atom. The van der Waals surface area contributed by atoms with Gasteiger partial charge in [-0.1, -0.05) is 218 Å². The van der Waals surface area contributed by atoms with Gasteiger partial charge in [0.25, 0.3) is 10.1 Å². The van der Waals surface area contributed by atoms with E-state index in [9.17, 15) is 22.6 Å². The van der Waals surface area contributed by atoms with Crippen LogP contribution in [0.4, 0.5) is 0 Å². The summed E-state index contributed by atoms with van der Waals surface area (Å²) in [5.74, 6) is -1.49. The maximum Gasteiger partial charge on any atom is 0.339 e. The molecule has 358 valence electrons. The Balaban J connectivity index is 2.12. The first-order valence-electron chi connectivity index (χ1n) is 26.1. The molecule has 0 heterocycles. The van der Waals surface area contributed by atoms with Gasteiger partial charge in [-0.05, 0) is 82.4 Å². The van der Waals surface area contributed by atoms with Crippen molar-refractivity contribution in [3.63, 3.8) is 0 Å². The normalized spacial score (nSPS) is 11.9. The van der Waals surface area contributed by atoms with Crippen LogP contribution in [0.2, 0.25) is 0 Å². The Hall–Kier alpha value is -2.45. The predicted octanol–water partition coefficient (Wildman–Crippen LogP) is 17.2. The maximum atomic E-state index is 13.0. The van der Waals surface area contributed by atoms with Crippen LogP contribution in [0, 0.1) is 0 Å². The number of hydrogen-bond donors (Lipinski definition) is 1. The molecule has 62 heavy (non-hydrogen) atoms. The number of ether oxygens (including phenoxy) is 2. The molecule has 0 aliphatic carbocycles. The molecule has 0 amide bonds. The highest BCUT2D eigenvalue weighted by Gasteiger charge is 2.23. The van der Waals surface area contributed by atoms with Crippen molar-refractivity contribution < 1.29 is 32.0 Å². The largest absolute Gasteiger partial charge is 0.462 e. The van der Waals surface area contributed by atoms with Crippen molar-refractivity contribution in [1.29, 1.82) is 0 Å². The fourth-order valence-corrected chi connectivity index (χ4v) is 8.49. The second kappa shape index (κ2) is 42.5. The van der Waals surface area contributed by atoms with Gasteiger partial charge < -0.3 is 9.47 Å². The topological polar surface area (TPSA) is 107 Å². The molecule has 7 nitrogen and oxygen atoms in total. The fourth-order valence-electron chi connectivity index (χ4n) is 7.98. The molecule has 0 saturated heterocycles. The highest BCUT2D eigenvalue weighted by atomic mass is 32.2. The van der Waals surface area contributed by atoms with Gasteiger partial charge in [-0.15, -0.1) is 0 Å². The van der Waals surface area contributed by atoms with Crippen molar-refractivity contribution in [3.8, 4) is 0 Å². The van der Waals surface area contributed by atoms with Gasteiger partial charge in [0.05, 0.1) is 29.2 Å². The summed E-state index contributed by atoms with van der Waals surface area (Å²) >= 11 is 0. The molecule has 1 aromatic carbocycles. The summed E-state index contributed by atoms with van der Waals surface area (Å²) in [5.41, 5.74) is -0.263. The third-order valence-electron chi connectivity index (χ3n) is 12.0. The Labute approximate surface area is 382 Å². The fraction of sp³-hybridized carbons (Fsp3) is 0.778. The molecule has 0 saturated carbocycles. The van der Waals surface area contributed by atoms with Gasteiger partial charge in [-0.2, -0.15) is 8.42 Å². The smallest absolute Gasteiger partial charge is 0.339 e. The lowest BCUT2D eigenvalue weighted by atomic mass is 10.0. The van der Waals surface area contributed by atoms with E-state index in [-0.39, 0.29) is 24.3 Å². The quantitative estimate of drug-likeness (QED) is 0.0301. The summed E-state index contributed by atoms with van der Waals surface area (Å²) < 4.78 is 44.1. The molecule has 1 rings (SSSR count). The number of carbonyl (C=O) groups is 2. The minimum atomic E-state index is -4.57. The van der Waals surface area contributed by atoms with Crippen molar-refractivity contribution in [1.82, 2.24) is 0 Å². The number of allylic oxidation sites excluding steroid dienone is 4. The van der Waals surface area contributed by atoms with Crippen LogP contribution in [0.15, 0.2) is 47.4 Å². The van der Waals surface area contributed by atoms with Gasteiger partial charge in [0.1, 0.15) is 0 Å². The van der Waals surface area contributed by atoms with E-state index >= 15 is 0 Å². The molecule has 0 atom stereocenters. The third-order valence-corrected chi connectivity index (χ3v) is 12.9. The third kappa shape index (κ3) is 35.0. The first kappa shape index (κ1) is 57.6. The maximum absolute atomic E-state index is 13.0. The van der Waals surface area contributed by atoms with Gasteiger partial charge >= 0.3 is 11.9 Å². The van der Waals surface area contributed by atoms with E-state index in [4.69, 9.17) is 9.47 Å². The van der Waals surface area contributed by atoms with E-state index in [1.54, 1.807) is 0 Å². The summed E-state index contributed by atoms with van der Waals surface area (Å²) in [7, 11) is -4.57. The Morgan fingerprint density at radius 2 is 0.694 bits per heavy atom. The van der Waals surface area contributed by atoms with Crippen LogP contribution in [0.5, 0.6) is 0 Å². The van der Waals surface area contributed by atoms with Crippen molar-refractivity contribution in [2.45, 2.75) is 263 Å². The van der Waals surface area contributed by atoms with Crippen LogP contribution < -0.4 is 0 Å². The summed E-state index contributed by atoms with van der Waals surface area (Å²) in [6, 6.07) is 3.32. The number of esters is 2. The van der Waals surface area contributed by atoms with Crippen LogP contribution >= 0.6 is 0 Å². The molecule has 8 heteroatoms. The Bertz CT molecular complexity index is 1370. The summed E-state index contributed by atoms with van der Waals surface area (Å²) in [5, 5.41) is 0. The molecule has 0 radical (unpaired) electrons. The van der Waals surface area contributed by atoms with Crippen molar-refractivity contribution in [2.24, 2.45) is 0 Å². The average molecular weight is 887 g/mol. The van der Waals surface area contributed by atoms with Gasteiger partial charge in [-0.25, -0.2) is 9.59 Å². The molecular formula is C54H94O7S. The SMILES string of the molecule is CCCCCC/C=C/CCCCCCCCCCCCCCCOC(=O)c1ccc(S(=O)(=O)O)cc1C(=O)OCCCCCCCCCCCCCCC/C=C/CCCCCC. The zero-order valence-corrected chi connectivity index (χ0v) is 40.9. The van der Waals surface area contributed by atoms with Crippen molar-refractivity contribution >= 4 is 22.1 Å². The van der Waals surface area contributed by atoms with E-state index in [2.05, 4.69) is 38.2 Å². The van der Waals surface area contributed by atoms with Crippen molar-refractivity contribution in [2.75, 3.05) is 13.2 Å². The lowest BCUT2D eigenvalue weighted by molar-refractivity contribution is 0.0450. The molecule has 0 aromatic heterocycles. The van der Waals surface area contributed by atoms with E-state index in [1.807, 2.05) is 0 Å². The zero-order valence-electron chi connectivity index (χ0n) is 40.1. The monoisotopic (exact) mass is 887 g/mol. The van der Waals surface area contributed by atoms with Crippen LogP contribution in [-0.4, -0.2) is 38.1 Å². The van der Waals surface area contributed by atoms with Gasteiger partial charge in [0.15, 0.2) is 0 Å². The van der Waals surface area contributed by atoms with E-state index in [1.165, 1.54) is 205 Å². The molecule has 1 N–H and O–H groups in total. The summed E-state index contributed by atoms with van der Waals surface area (Å²) in [6.45, 7) is 4.92. The number of carbonyl (C=O) groups excluding carboxylic acids is 2. The highest BCUT2D eigenvalue weighted by Crippen LogP contribution is 2.20. The lowest BCUT2D eigenvalue weighted by Crippen LogP contribution is -2.16.